The Bertz CT molecular complexity index is 762. The predicted octanol–water partition coefficient (Wildman–Crippen LogP) is 3.07. The molecule has 1 heterocycles. The number of nitrogens with zero attached hydrogens (tertiary/aromatic N) is 1. The smallest absolute Gasteiger partial charge is 0.270 e. The Morgan fingerprint density at radius 2 is 1.68 bits per heavy atom. The molecule has 1 unspecified atom stereocenters. The first kappa shape index (κ1) is 11.7. The van der Waals surface area contributed by atoms with Gasteiger partial charge in [-0.3, -0.25) is 4.79 Å². The number of fused-ring (bicyclic) bond motifs is 1. The van der Waals surface area contributed by atoms with E-state index in [4.69, 9.17) is 0 Å². The van der Waals surface area contributed by atoms with Crippen molar-refractivity contribution < 1.29 is 0 Å². The molecule has 0 aliphatic heterocycles. The fraction of sp³-hybridized carbons (Fsp3) is 0.125. The van der Waals surface area contributed by atoms with Crippen LogP contribution in [0.3, 0.4) is 0 Å². The van der Waals surface area contributed by atoms with Gasteiger partial charge in [0.25, 0.3) is 5.56 Å². The molecular formula is C16H14N2O. The lowest BCUT2D eigenvalue weighted by molar-refractivity contribution is 0.853. The van der Waals surface area contributed by atoms with Crippen LogP contribution in [-0.2, 0) is 0 Å². The zero-order chi connectivity index (χ0) is 13.2. The first-order valence-corrected chi connectivity index (χ1v) is 6.29. The van der Waals surface area contributed by atoms with Gasteiger partial charge in [-0.25, -0.2) is 4.98 Å². The van der Waals surface area contributed by atoms with Crippen molar-refractivity contribution in [3.8, 4) is 0 Å². The second kappa shape index (κ2) is 4.69. The molecule has 3 heteroatoms. The van der Waals surface area contributed by atoms with Crippen LogP contribution in [0.25, 0.3) is 11.0 Å². The molecule has 3 aromatic rings. The van der Waals surface area contributed by atoms with E-state index in [9.17, 15) is 4.79 Å². The Labute approximate surface area is 111 Å². The van der Waals surface area contributed by atoms with Crippen LogP contribution < -0.4 is 5.56 Å². The van der Waals surface area contributed by atoms with Gasteiger partial charge in [-0.05, 0) is 17.7 Å². The van der Waals surface area contributed by atoms with E-state index >= 15 is 0 Å². The van der Waals surface area contributed by atoms with E-state index in [-0.39, 0.29) is 11.5 Å². The minimum atomic E-state index is -0.116. The summed E-state index contributed by atoms with van der Waals surface area (Å²) in [7, 11) is 0. The van der Waals surface area contributed by atoms with Gasteiger partial charge in [-0.1, -0.05) is 49.4 Å². The van der Waals surface area contributed by atoms with E-state index < -0.39 is 0 Å². The molecule has 2 aromatic carbocycles. The third-order valence-electron chi connectivity index (χ3n) is 3.34. The maximum absolute atomic E-state index is 12.1. The van der Waals surface area contributed by atoms with Crippen molar-refractivity contribution in [2.45, 2.75) is 12.8 Å². The number of H-pyrrole nitrogens is 1. The number of benzene rings is 2. The average molecular weight is 250 g/mol. The minimum Gasteiger partial charge on any atom is -0.319 e. The Balaban J connectivity index is 2.15. The molecule has 0 radical (unpaired) electrons. The fourth-order valence-corrected chi connectivity index (χ4v) is 2.24. The fourth-order valence-electron chi connectivity index (χ4n) is 2.24. The van der Waals surface area contributed by atoms with E-state index in [0.29, 0.717) is 5.69 Å². The lowest BCUT2D eigenvalue weighted by Gasteiger charge is -2.11. The predicted molar refractivity (Wildman–Crippen MR) is 76.3 cm³/mol. The number of aromatic nitrogens is 2. The van der Waals surface area contributed by atoms with E-state index in [1.165, 1.54) is 0 Å². The number of aromatic amines is 1. The van der Waals surface area contributed by atoms with Gasteiger partial charge in [0.15, 0.2) is 0 Å². The summed E-state index contributed by atoms with van der Waals surface area (Å²) < 4.78 is 0. The van der Waals surface area contributed by atoms with Gasteiger partial charge < -0.3 is 4.98 Å². The van der Waals surface area contributed by atoms with Crippen LogP contribution in [-0.4, -0.2) is 9.97 Å². The van der Waals surface area contributed by atoms with Gasteiger partial charge in [0.05, 0.1) is 11.0 Å². The molecule has 94 valence electrons. The summed E-state index contributed by atoms with van der Waals surface area (Å²) in [6.45, 7) is 2.00. The lowest BCUT2D eigenvalue weighted by Crippen LogP contribution is -2.18. The molecule has 1 aromatic heterocycles. The molecule has 0 bridgehead atoms. The number of nitrogens with one attached hydrogen (secondary N) is 1. The summed E-state index contributed by atoms with van der Waals surface area (Å²) >= 11 is 0. The number of hydrogen-bond donors (Lipinski definition) is 1. The number of hydrogen-bond acceptors (Lipinski definition) is 2. The first-order chi connectivity index (χ1) is 9.25. The molecule has 0 amide bonds. The molecule has 19 heavy (non-hydrogen) atoms. The largest absolute Gasteiger partial charge is 0.319 e. The first-order valence-electron chi connectivity index (χ1n) is 6.29. The van der Waals surface area contributed by atoms with Crippen molar-refractivity contribution in [3.05, 3.63) is 76.2 Å². The van der Waals surface area contributed by atoms with Crippen molar-refractivity contribution in [1.29, 1.82) is 0 Å². The van der Waals surface area contributed by atoms with Crippen molar-refractivity contribution >= 4 is 11.0 Å². The molecular weight excluding hydrogens is 236 g/mol. The third kappa shape index (κ3) is 2.15. The second-order valence-corrected chi connectivity index (χ2v) is 4.60. The van der Waals surface area contributed by atoms with E-state index in [1.807, 2.05) is 61.5 Å². The van der Waals surface area contributed by atoms with E-state index in [1.54, 1.807) is 0 Å². The maximum Gasteiger partial charge on any atom is 0.270 e. The Morgan fingerprint density at radius 3 is 2.47 bits per heavy atom. The molecule has 0 aliphatic carbocycles. The normalized spacial score (nSPS) is 12.5. The van der Waals surface area contributed by atoms with Crippen LogP contribution >= 0.6 is 0 Å². The van der Waals surface area contributed by atoms with Gasteiger partial charge >= 0.3 is 0 Å². The Morgan fingerprint density at radius 1 is 1.00 bits per heavy atom. The maximum atomic E-state index is 12.1. The van der Waals surface area contributed by atoms with E-state index in [0.717, 1.165) is 16.6 Å². The molecule has 1 N–H and O–H groups in total. The molecule has 0 aliphatic rings. The summed E-state index contributed by atoms with van der Waals surface area (Å²) in [4.78, 5) is 19.5. The van der Waals surface area contributed by atoms with Gasteiger partial charge in [-0.15, -0.1) is 0 Å². The van der Waals surface area contributed by atoms with Gasteiger partial charge in [0, 0.05) is 5.92 Å². The number of rotatable bonds is 2. The minimum absolute atomic E-state index is 0.0189. The monoisotopic (exact) mass is 250 g/mol. The van der Waals surface area contributed by atoms with Crippen LogP contribution in [0, 0.1) is 0 Å². The molecule has 3 rings (SSSR count). The van der Waals surface area contributed by atoms with Crippen LogP contribution in [0.15, 0.2) is 59.4 Å². The average Bonchev–Trinajstić information content (AvgIpc) is 2.47. The Kier molecular flexibility index (Phi) is 2.88. The molecule has 1 atom stereocenters. The Hall–Kier alpha value is -2.42. The highest BCUT2D eigenvalue weighted by atomic mass is 16.1. The summed E-state index contributed by atoms with van der Waals surface area (Å²) in [5.74, 6) is -0.0189. The van der Waals surface area contributed by atoms with Crippen molar-refractivity contribution in [3.63, 3.8) is 0 Å². The van der Waals surface area contributed by atoms with Gasteiger partial charge in [0.1, 0.15) is 5.69 Å². The highest BCUT2D eigenvalue weighted by Crippen LogP contribution is 2.20. The highest BCUT2D eigenvalue weighted by molar-refractivity contribution is 5.73. The zero-order valence-corrected chi connectivity index (χ0v) is 10.6. The van der Waals surface area contributed by atoms with Crippen molar-refractivity contribution in [2.24, 2.45) is 0 Å². The van der Waals surface area contributed by atoms with Crippen LogP contribution in [0.1, 0.15) is 24.1 Å². The zero-order valence-electron chi connectivity index (χ0n) is 10.6. The summed E-state index contributed by atoms with van der Waals surface area (Å²) in [6, 6.07) is 17.5. The third-order valence-corrected chi connectivity index (χ3v) is 3.34. The van der Waals surface area contributed by atoms with Crippen molar-refractivity contribution in [1.82, 2.24) is 9.97 Å². The standard InChI is InChI=1S/C16H14N2O/c1-11(12-7-3-2-4-8-12)15-16(19)18-14-10-6-5-9-13(14)17-15/h2-11H,1H3,(H,18,19). The van der Waals surface area contributed by atoms with Crippen LogP contribution in [0.5, 0.6) is 0 Å². The number of para-hydroxylation sites is 2. The van der Waals surface area contributed by atoms with Crippen LogP contribution in [0.4, 0.5) is 0 Å². The summed E-state index contributed by atoms with van der Waals surface area (Å²) in [5.41, 5.74) is 3.13. The molecule has 3 nitrogen and oxygen atoms in total. The molecule has 0 spiro atoms. The van der Waals surface area contributed by atoms with Crippen molar-refractivity contribution in [2.75, 3.05) is 0 Å². The van der Waals surface area contributed by atoms with Gasteiger partial charge in [-0.2, -0.15) is 0 Å². The van der Waals surface area contributed by atoms with Crippen LogP contribution in [0.2, 0.25) is 0 Å². The highest BCUT2D eigenvalue weighted by Gasteiger charge is 2.14. The second-order valence-electron chi connectivity index (χ2n) is 4.60. The summed E-state index contributed by atoms with van der Waals surface area (Å²) in [6.07, 6.45) is 0. The lowest BCUT2D eigenvalue weighted by atomic mass is 9.98. The SMILES string of the molecule is CC(c1ccccc1)c1nc2ccccc2[nH]c1=O. The summed E-state index contributed by atoms with van der Waals surface area (Å²) in [5, 5.41) is 0. The molecule has 0 saturated carbocycles. The molecule has 0 saturated heterocycles. The quantitative estimate of drug-likeness (QED) is 0.759. The van der Waals surface area contributed by atoms with Gasteiger partial charge in [0.2, 0.25) is 0 Å². The van der Waals surface area contributed by atoms with E-state index in [2.05, 4.69) is 9.97 Å². The topological polar surface area (TPSA) is 45.8 Å². The molecule has 0 fully saturated rings.